The SMILES string of the molecule is CC(c1ccc(Br)nc1)C1CCNCC1. The van der Waals surface area contributed by atoms with Crippen LogP contribution in [0.4, 0.5) is 0 Å². The lowest BCUT2D eigenvalue weighted by atomic mass is 9.82. The second-order valence-electron chi connectivity index (χ2n) is 4.29. The molecule has 2 rings (SSSR count). The molecule has 2 nitrogen and oxygen atoms in total. The molecule has 15 heavy (non-hydrogen) atoms. The summed E-state index contributed by atoms with van der Waals surface area (Å²) >= 11 is 3.37. The third-order valence-corrected chi connectivity index (χ3v) is 3.84. The molecule has 1 aromatic heterocycles. The van der Waals surface area contributed by atoms with Gasteiger partial charge in [-0.1, -0.05) is 13.0 Å². The lowest BCUT2D eigenvalue weighted by Gasteiger charge is -2.28. The summed E-state index contributed by atoms with van der Waals surface area (Å²) in [6.45, 7) is 4.65. The molecule has 3 heteroatoms. The first-order valence-electron chi connectivity index (χ1n) is 5.59. The van der Waals surface area contributed by atoms with Crippen molar-refractivity contribution in [1.82, 2.24) is 10.3 Å². The van der Waals surface area contributed by atoms with E-state index in [1.165, 1.54) is 31.5 Å². The third kappa shape index (κ3) is 2.79. The molecule has 0 aromatic carbocycles. The first-order chi connectivity index (χ1) is 7.27. The fourth-order valence-corrected chi connectivity index (χ4v) is 2.51. The highest BCUT2D eigenvalue weighted by Gasteiger charge is 2.21. The summed E-state index contributed by atoms with van der Waals surface area (Å²) in [6.07, 6.45) is 4.57. The maximum absolute atomic E-state index is 4.30. The minimum Gasteiger partial charge on any atom is -0.317 e. The molecule has 0 saturated carbocycles. The molecule has 1 unspecified atom stereocenters. The lowest BCUT2D eigenvalue weighted by Crippen LogP contribution is -2.30. The van der Waals surface area contributed by atoms with Crippen molar-refractivity contribution in [2.24, 2.45) is 5.92 Å². The van der Waals surface area contributed by atoms with E-state index in [1.54, 1.807) is 0 Å². The molecule has 82 valence electrons. The van der Waals surface area contributed by atoms with E-state index in [0.29, 0.717) is 5.92 Å². The Labute approximate surface area is 99.6 Å². The van der Waals surface area contributed by atoms with Crippen LogP contribution in [0.1, 0.15) is 31.2 Å². The fourth-order valence-electron chi connectivity index (χ4n) is 2.27. The summed E-state index contributed by atoms with van der Waals surface area (Å²) in [5.41, 5.74) is 1.37. The highest BCUT2D eigenvalue weighted by molar-refractivity contribution is 9.10. The van der Waals surface area contributed by atoms with E-state index in [1.807, 2.05) is 12.3 Å². The van der Waals surface area contributed by atoms with Crippen LogP contribution in [0, 0.1) is 5.92 Å². The molecule has 1 aromatic rings. The van der Waals surface area contributed by atoms with Crippen molar-refractivity contribution in [3.05, 3.63) is 28.5 Å². The smallest absolute Gasteiger partial charge is 0.106 e. The highest BCUT2D eigenvalue weighted by atomic mass is 79.9. The summed E-state index contributed by atoms with van der Waals surface area (Å²) in [6, 6.07) is 4.22. The molecule has 0 amide bonds. The van der Waals surface area contributed by atoms with Gasteiger partial charge >= 0.3 is 0 Å². The van der Waals surface area contributed by atoms with E-state index >= 15 is 0 Å². The number of rotatable bonds is 2. The summed E-state index contributed by atoms with van der Waals surface area (Å²) < 4.78 is 0.920. The molecular formula is C12H17BrN2. The summed E-state index contributed by atoms with van der Waals surface area (Å²) in [4.78, 5) is 4.30. The Hall–Kier alpha value is -0.410. The number of hydrogen-bond acceptors (Lipinski definition) is 2. The number of nitrogens with one attached hydrogen (secondary N) is 1. The monoisotopic (exact) mass is 268 g/mol. The Kier molecular flexibility index (Phi) is 3.76. The van der Waals surface area contributed by atoms with Gasteiger partial charge in [0.05, 0.1) is 0 Å². The molecule has 0 bridgehead atoms. The zero-order valence-corrected chi connectivity index (χ0v) is 10.6. The van der Waals surface area contributed by atoms with Gasteiger partial charge in [-0.25, -0.2) is 4.98 Å². The summed E-state index contributed by atoms with van der Waals surface area (Å²) in [7, 11) is 0. The average Bonchev–Trinajstić information content (AvgIpc) is 2.30. The maximum atomic E-state index is 4.30. The first kappa shape index (κ1) is 11.1. The van der Waals surface area contributed by atoms with Crippen molar-refractivity contribution in [2.75, 3.05) is 13.1 Å². The number of halogens is 1. The molecule has 0 radical (unpaired) electrons. The van der Waals surface area contributed by atoms with Crippen LogP contribution >= 0.6 is 15.9 Å². The van der Waals surface area contributed by atoms with Gasteiger partial charge in [-0.15, -0.1) is 0 Å². The number of piperidine rings is 1. The molecule has 0 spiro atoms. The summed E-state index contributed by atoms with van der Waals surface area (Å²) in [5, 5.41) is 3.41. The van der Waals surface area contributed by atoms with E-state index in [2.05, 4.69) is 39.2 Å². The van der Waals surface area contributed by atoms with E-state index in [-0.39, 0.29) is 0 Å². The van der Waals surface area contributed by atoms with Gasteiger partial charge in [0.1, 0.15) is 4.60 Å². The van der Waals surface area contributed by atoms with Gasteiger partial charge in [0.25, 0.3) is 0 Å². The number of pyridine rings is 1. The van der Waals surface area contributed by atoms with E-state index in [0.717, 1.165) is 10.5 Å². The van der Waals surface area contributed by atoms with Crippen molar-refractivity contribution >= 4 is 15.9 Å². The molecule has 1 atom stereocenters. The van der Waals surface area contributed by atoms with Crippen LogP contribution in [0.15, 0.2) is 22.9 Å². The number of hydrogen-bond donors (Lipinski definition) is 1. The highest BCUT2D eigenvalue weighted by Crippen LogP contribution is 2.30. The van der Waals surface area contributed by atoms with Gasteiger partial charge in [-0.2, -0.15) is 0 Å². The Morgan fingerprint density at radius 2 is 2.13 bits per heavy atom. The molecule has 2 heterocycles. The van der Waals surface area contributed by atoms with Crippen molar-refractivity contribution in [2.45, 2.75) is 25.7 Å². The molecule has 1 fully saturated rings. The van der Waals surface area contributed by atoms with Gasteiger partial charge in [-0.3, -0.25) is 0 Å². The van der Waals surface area contributed by atoms with Crippen molar-refractivity contribution in [1.29, 1.82) is 0 Å². The van der Waals surface area contributed by atoms with Crippen LogP contribution in [0.25, 0.3) is 0 Å². The van der Waals surface area contributed by atoms with Crippen LogP contribution < -0.4 is 5.32 Å². The third-order valence-electron chi connectivity index (χ3n) is 3.37. The van der Waals surface area contributed by atoms with Gasteiger partial charge in [0.2, 0.25) is 0 Å². The predicted molar refractivity (Wildman–Crippen MR) is 65.9 cm³/mol. The standard InChI is InChI=1S/C12H17BrN2/c1-9(10-4-6-14-7-5-10)11-2-3-12(13)15-8-11/h2-3,8-10,14H,4-7H2,1H3. The van der Waals surface area contributed by atoms with Crippen molar-refractivity contribution in [3.8, 4) is 0 Å². The van der Waals surface area contributed by atoms with Crippen molar-refractivity contribution < 1.29 is 0 Å². The second-order valence-corrected chi connectivity index (χ2v) is 5.10. The average molecular weight is 269 g/mol. The van der Waals surface area contributed by atoms with Crippen LogP contribution in [0.3, 0.4) is 0 Å². The number of aromatic nitrogens is 1. The molecule has 1 aliphatic heterocycles. The second kappa shape index (κ2) is 5.08. The molecule has 0 aliphatic carbocycles. The van der Waals surface area contributed by atoms with E-state index < -0.39 is 0 Å². The predicted octanol–water partition coefficient (Wildman–Crippen LogP) is 2.95. The molecular weight excluding hydrogens is 252 g/mol. The van der Waals surface area contributed by atoms with E-state index in [9.17, 15) is 0 Å². The largest absolute Gasteiger partial charge is 0.317 e. The maximum Gasteiger partial charge on any atom is 0.106 e. The quantitative estimate of drug-likeness (QED) is 0.835. The van der Waals surface area contributed by atoms with Gasteiger partial charge < -0.3 is 5.32 Å². The Morgan fingerprint density at radius 3 is 2.73 bits per heavy atom. The Morgan fingerprint density at radius 1 is 1.40 bits per heavy atom. The Bertz CT molecular complexity index is 304. The topological polar surface area (TPSA) is 24.9 Å². The van der Waals surface area contributed by atoms with Crippen LogP contribution in [0.5, 0.6) is 0 Å². The van der Waals surface area contributed by atoms with Gasteiger partial charge in [0.15, 0.2) is 0 Å². The van der Waals surface area contributed by atoms with Crippen LogP contribution in [0.2, 0.25) is 0 Å². The van der Waals surface area contributed by atoms with E-state index in [4.69, 9.17) is 0 Å². The first-order valence-corrected chi connectivity index (χ1v) is 6.39. The Balaban J connectivity index is 2.05. The molecule has 1 N–H and O–H groups in total. The normalized spacial score (nSPS) is 20.1. The molecule has 1 saturated heterocycles. The zero-order valence-electron chi connectivity index (χ0n) is 9.04. The minimum atomic E-state index is 0.632. The fraction of sp³-hybridized carbons (Fsp3) is 0.583. The zero-order chi connectivity index (χ0) is 10.7. The van der Waals surface area contributed by atoms with Gasteiger partial charge in [0, 0.05) is 6.20 Å². The lowest BCUT2D eigenvalue weighted by molar-refractivity contribution is 0.330. The number of nitrogens with zero attached hydrogens (tertiary/aromatic N) is 1. The van der Waals surface area contributed by atoms with Crippen LogP contribution in [-0.2, 0) is 0 Å². The molecule has 1 aliphatic rings. The minimum absolute atomic E-state index is 0.632. The van der Waals surface area contributed by atoms with Gasteiger partial charge in [-0.05, 0) is 65.3 Å². The van der Waals surface area contributed by atoms with Crippen molar-refractivity contribution in [3.63, 3.8) is 0 Å². The van der Waals surface area contributed by atoms with Crippen LogP contribution in [-0.4, -0.2) is 18.1 Å². The summed E-state index contributed by atoms with van der Waals surface area (Å²) in [5.74, 6) is 1.45.